The Morgan fingerprint density at radius 2 is 2.22 bits per heavy atom. The van der Waals surface area contributed by atoms with Gasteiger partial charge in [0.2, 0.25) is 0 Å². The lowest BCUT2D eigenvalue weighted by Crippen LogP contribution is -2.25. The van der Waals surface area contributed by atoms with Gasteiger partial charge < -0.3 is 10.1 Å². The van der Waals surface area contributed by atoms with Gasteiger partial charge in [-0.2, -0.15) is 0 Å². The molecule has 0 unspecified atom stereocenters. The van der Waals surface area contributed by atoms with E-state index in [0.29, 0.717) is 37.6 Å². The molecule has 100 valence electrons. The second-order valence-electron chi connectivity index (χ2n) is 3.54. The summed E-state index contributed by atoms with van der Waals surface area (Å²) in [5.41, 5.74) is 0.421. The highest BCUT2D eigenvalue weighted by atomic mass is 79.9. The Bertz CT molecular complexity index is 404. The fourth-order valence-electron chi connectivity index (χ4n) is 1.27. The van der Waals surface area contributed by atoms with Crippen molar-refractivity contribution in [1.29, 1.82) is 0 Å². The summed E-state index contributed by atoms with van der Waals surface area (Å²) in [7, 11) is 0. The van der Waals surface area contributed by atoms with Gasteiger partial charge >= 0.3 is 0 Å². The minimum atomic E-state index is -0.388. The fourth-order valence-corrected chi connectivity index (χ4v) is 1.76. The standard InChI is InChI=1S/C12H14BrClFNO2/c13-10-8-9(2-3-11(10)15)12(17)16-5-1-6-18-7-4-14/h2-3,8H,1,4-7H2,(H,16,17). The Morgan fingerprint density at radius 1 is 1.44 bits per heavy atom. The zero-order valence-corrected chi connectivity index (χ0v) is 12.1. The number of hydrogen-bond acceptors (Lipinski definition) is 2. The highest BCUT2D eigenvalue weighted by Crippen LogP contribution is 2.16. The number of halogens is 3. The smallest absolute Gasteiger partial charge is 0.251 e. The van der Waals surface area contributed by atoms with E-state index in [1.54, 1.807) is 0 Å². The van der Waals surface area contributed by atoms with Crippen molar-refractivity contribution in [3.05, 3.63) is 34.1 Å². The van der Waals surface area contributed by atoms with Crippen LogP contribution in [0.1, 0.15) is 16.8 Å². The summed E-state index contributed by atoms with van der Waals surface area (Å²) in [5, 5.41) is 2.73. The summed E-state index contributed by atoms with van der Waals surface area (Å²) in [4.78, 5) is 11.7. The third kappa shape index (κ3) is 5.33. The highest BCUT2D eigenvalue weighted by molar-refractivity contribution is 9.10. The summed E-state index contributed by atoms with van der Waals surface area (Å²) < 4.78 is 18.4. The van der Waals surface area contributed by atoms with Crippen LogP contribution in [0.15, 0.2) is 22.7 Å². The maximum absolute atomic E-state index is 13.0. The molecule has 6 heteroatoms. The van der Waals surface area contributed by atoms with E-state index in [1.807, 2.05) is 0 Å². The van der Waals surface area contributed by atoms with Crippen molar-refractivity contribution in [3.8, 4) is 0 Å². The van der Waals surface area contributed by atoms with E-state index >= 15 is 0 Å². The van der Waals surface area contributed by atoms with E-state index < -0.39 is 0 Å². The molecule has 0 aromatic heterocycles. The molecule has 0 aliphatic heterocycles. The van der Waals surface area contributed by atoms with E-state index in [2.05, 4.69) is 21.2 Å². The molecule has 0 radical (unpaired) electrons. The van der Waals surface area contributed by atoms with Crippen LogP contribution in [0.3, 0.4) is 0 Å². The maximum atomic E-state index is 13.0. The van der Waals surface area contributed by atoms with Crippen molar-refractivity contribution >= 4 is 33.4 Å². The molecule has 1 aromatic carbocycles. The molecule has 1 N–H and O–H groups in total. The van der Waals surface area contributed by atoms with Gasteiger partial charge in [-0.25, -0.2) is 4.39 Å². The Kier molecular flexibility index (Phi) is 7.23. The lowest BCUT2D eigenvalue weighted by Gasteiger charge is -2.06. The first kappa shape index (κ1) is 15.4. The Hall–Kier alpha value is -0.650. The van der Waals surface area contributed by atoms with Gasteiger partial charge in [0.05, 0.1) is 11.1 Å². The second-order valence-corrected chi connectivity index (χ2v) is 4.77. The molecule has 0 saturated heterocycles. The van der Waals surface area contributed by atoms with E-state index in [0.717, 1.165) is 0 Å². The van der Waals surface area contributed by atoms with E-state index in [-0.39, 0.29) is 16.2 Å². The summed E-state index contributed by atoms with van der Waals surface area (Å²) in [6.45, 7) is 1.58. The average molecular weight is 339 g/mol. The van der Waals surface area contributed by atoms with E-state index in [4.69, 9.17) is 16.3 Å². The van der Waals surface area contributed by atoms with Gasteiger partial charge in [0.25, 0.3) is 5.91 Å². The molecule has 0 fully saturated rings. The van der Waals surface area contributed by atoms with Gasteiger partial charge in [0.1, 0.15) is 5.82 Å². The number of carbonyl (C=O) groups excluding carboxylic acids is 1. The largest absolute Gasteiger partial charge is 0.380 e. The van der Waals surface area contributed by atoms with E-state index in [9.17, 15) is 9.18 Å². The van der Waals surface area contributed by atoms with Gasteiger partial charge in [-0.15, -0.1) is 11.6 Å². The second kappa shape index (κ2) is 8.45. The molecule has 0 aliphatic rings. The van der Waals surface area contributed by atoms with Crippen molar-refractivity contribution in [2.75, 3.05) is 25.6 Å². The number of carbonyl (C=O) groups is 1. The molecule has 3 nitrogen and oxygen atoms in total. The molecule has 1 aromatic rings. The van der Waals surface area contributed by atoms with Crippen LogP contribution in [-0.4, -0.2) is 31.5 Å². The SMILES string of the molecule is O=C(NCCCOCCCl)c1ccc(F)c(Br)c1. The van der Waals surface area contributed by atoms with Crippen molar-refractivity contribution in [2.24, 2.45) is 0 Å². The number of hydrogen-bond donors (Lipinski definition) is 1. The highest BCUT2D eigenvalue weighted by Gasteiger charge is 2.07. The average Bonchev–Trinajstić information content (AvgIpc) is 2.36. The minimum Gasteiger partial charge on any atom is -0.380 e. The molecule has 0 saturated carbocycles. The molecule has 0 spiro atoms. The number of rotatable bonds is 7. The summed E-state index contributed by atoms with van der Waals surface area (Å²) >= 11 is 8.48. The van der Waals surface area contributed by atoms with Crippen LogP contribution in [0.4, 0.5) is 4.39 Å². The van der Waals surface area contributed by atoms with Crippen molar-refractivity contribution in [1.82, 2.24) is 5.32 Å². The fraction of sp³-hybridized carbons (Fsp3) is 0.417. The third-order valence-corrected chi connectivity index (χ3v) is 2.92. The first-order valence-electron chi connectivity index (χ1n) is 5.52. The molecule has 0 bridgehead atoms. The number of ether oxygens (including phenoxy) is 1. The van der Waals surface area contributed by atoms with Crippen molar-refractivity contribution in [2.45, 2.75) is 6.42 Å². The van der Waals surface area contributed by atoms with Gasteiger partial charge in [-0.05, 0) is 40.5 Å². The summed E-state index contributed by atoms with van der Waals surface area (Å²) in [5.74, 6) is -0.148. The third-order valence-electron chi connectivity index (χ3n) is 2.15. The Labute approximate surface area is 119 Å². The molecule has 1 rings (SSSR count). The van der Waals surface area contributed by atoms with Crippen LogP contribution >= 0.6 is 27.5 Å². The predicted molar refractivity (Wildman–Crippen MR) is 72.6 cm³/mol. The molecule has 18 heavy (non-hydrogen) atoms. The predicted octanol–water partition coefficient (Wildman–Crippen LogP) is 2.96. The van der Waals surface area contributed by atoms with Crippen LogP contribution < -0.4 is 5.32 Å². The number of amides is 1. The molecule has 1 amide bonds. The van der Waals surface area contributed by atoms with Crippen LogP contribution in [-0.2, 0) is 4.74 Å². The quantitative estimate of drug-likeness (QED) is 0.613. The lowest BCUT2D eigenvalue weighted by atomic mass is 10.2. The zero-order chi connectivity index (χ0) is 13.4. The lowest BCUT2D eigenvalue weighted by molar-refractivity contribution is 0.0944. The van der Waals surface area contributed by atoms with Crippen LogP contribution in [0.25, 0.3) is 0 Å². The maximum Gasteiger partial charge on any atom is 0.251 e. The monoisotopic (exact) mass is 337 g/mol. The van der Waals surface area contributed by atoms with Gasteiger partial charge in [0, 0.05) is 24.6 Å². The van der Waals surface area contributed by atoms with Crippen LogP contribution in [0, 0.1) is 5.82 Å². The van der Waals surface area contributed by atoms with Crippen molar-refractivity contribution < 1.29 is 13.9 Å². The first-order valence-corrected chi connectivity index (χ1v) is 6.85. The molecular formula is C12H14BrClFNO2. The minimum absolute atomic E-state index is 0.229. The van der Waals surface area contributed by atoms with Gasteiger partial charge in [-0.3, -0.25) is 4.79 Å². The molecule has 0 heterocycles. The van der Waals surface area contributed by atoms with Gasteiger partial charge in [-0.1, -0.05) is 0 Å². The Balaban J connectivity index is 2.30. The number of alkyl halides is 1. The molecular weight excluding hydrogens is 324 g/mol. The molecule has 0 atom stereocenters. The van der Waals surface area contributed by atoms with E-state index in [1.165, 1.54) is 18.2 Å². The first-order chi connectivity index (χ1) is 8.65. The van der Waals surface area contributed by atoms with Crippen molar-refractivity contribution in [3.63, 3.8) is 0 Å². The Morgan fingerprint density at radius 3 is 2.89 bits per heavy atom. The number of nitrogens with one attached hydrogen (secondary N) is 1. The summed E-state index contributed by atoms with van der Waals surface area (Å²) in [6, 6.07) is 4.15. The zero-order valence-electron chi connectivity index (χ0n) is 9.72. The normalized spacial score (nSPS) is 10.4. The van der Waals surface area contributed by atoms with Gasteiger partial charge in [0.15, 0.2) is 0 Å². The summed E-state index contributed by atoms with van der Waals surface area (Å²) in [6.07, 6.45) is 0.713. The molecule has 0 aliphatic carbocycles. The van der Waals surface area contributed by atoms with Crippen LogP contribution in [0.5, 0.6) is 0 Å². The topological polar surface area (TPSA) is 38.3 Å². The number of benzene rings is 1. The van der Waals surface area contributed by atoms with Crippen LogP contribution in [0.2, 0.25) is 0 Å².